The molecule has 1 heterocycles. The number of aromatic nitrogens is 1. The van der Waals surface area contributed by atoms with E-state index in [0.717, 1.165) is 41.5 Å². The molecule has 0 saturated carbocycles. The van der Waals surface area contributed by atoms with Gasteiger partial charge in [0.1, 0.15) is 5.75 Å². The Bertz CT molecular complexity index is 1310. The van der Waals surface area contributed by atoms with Crippen molar-refractivity contribution in [3.05, 3.63) is 54.2 Å². The molecule has 10 heteroatoms. The third-order valence-corrected chi connectivity index (χ3v) is 7.70. The lowest BCUT2D eigenvalue weighted by molar-refractivity contribution is 0.342. The number of hydrogen-bond acceptors (Lipinski definition) is 5. The lowest BCUT2D eigenvalue weighted by Gasteiger charge is -2.21. The van der Waals surface area contributed by atoms with Crippen molar-refractivity contribution in [1.29, 1.82) is 0 Å². The minimum Gasteiger partial charge on any atom is -0.492 e. The maximum Gasteiger partial charge on any atom is 0.243 e. The highest BCUT2D eigenvalue weighted by Crippen LogP contribution is 2.26. The molecule has 3 rings (SSSR count). The van der Waals surface area contributed by atoms with Gasteiger partial charge in [-0.1, -0.05) is 26.0 Å². The van der Waals surface area contributed by atoms with Crippen LogP contribution < -0.4 is 15.5 Å². The summed E-state index contributed by atoms with van der Waals surface area (Å²) in [5.41, 5.74) is 5.32. The fourth-order valence-electron chi connectivity index (χ4n) is 3.99. The SMILES string of the molecule is CCCN(CCC)S(=O)(=O)c1ccc2c(c1)c(/C=N\NC(=S)Nc1ccccc1OCC)cn2CC. The van der Waals surface area contributed by atoms with Crippen LogP contribution in [0.4, 0.5) is 5.69 Å². The Morgan fingerprint density at radius 3 is 2.50 bits per heavy atom. The van der Waals surface area contributed by atoms with Gasteiger partial charge in [0.15, 0.2) is 5.11 Å². The number of ether oxygens (including phenoxy) is 1. The predicted octanol–water partition coefficient (Wildman–Crippen LogP) is 5.19. The van der Waals surface area contributed by atoms with Crippen molar-refractivity contribution in [3.63, 3.8) is 0 Å². The second-order valence-electron chi connectivity index (χ2n) is 8.21. The summed E-state index contributed by atoms with van der Waals surface area (Å²) in [7, 11) is -3.59. The van der Waals surface area contributed by atoms with E-state index >= 15 is 0 Å². The second-order valence-corrected chi connectivity index (χ2v) is 10.6. The first kappa shape index (κ1) is 27.6. The number of benzene rings is 2. The minimum absolute atomic E-state index is 0.290. The molecule has 0 unspecified atom stereocenters. The van der Waals surface area contributed by atoms with Crippen LogP contribution in [-0.4, -0.2) is 48.3 Å². The number of sulfonamides is 1. The molecule has 0 aliphatic rings. The number of anilines is 1. The average Bonchev–Trinajstić information content (AvgIpc) is 3.22. The molecule has 2 aromatic carbocycles. The van der Waals surface area contributed by atoms with E-state index in [0.29, 0.717) is 30.6 Å². The molecule has 0 spiro atoms. The van der Waals surface area contributed by atoms with Crippen LogP contribution in [0.1, 0.15) is 46.1 Å². The van der Waals surface area contributed by atoms with Gasteiger partial charge in [-0.25, -0.2) is 8.42 Å². The molecule has 0 atom stereocenters. The Hall–Kier alpha value is -2.95. The van der Waals surface area contributed by atoms with E-state index in [4.69, 9.17) is 17.0 Å². The van der Waals surface area contributed by atoms with E-state index in [1.807, 2.05) is 64.2 Å². The number of nitrogens with one attached hydrogen (secondary N) is 2. The van der Waals surface area contributed by atoms with Crippen LogP contribution >= 0.6 is 12.2 Å². The maximum atomic E-state index is 13.3. The Morgan fingerprint density at radius 1 is 1.11 bits per heavy atom. The average molecular weight is 530 g/mol. The molecule has 0 bridgehead atoms. The molecule has 0 aliphatic carbocycles. The standard InChI is InChI=1S/C26H35N5O3S2/c1-5-15-31(16-6-2)36(32,33)21-13-14-24-22(17-21)20(19-30(24)7-3)18-27-29-26(35)28-23-11-9-10-12-25(23)34-8-4/h9-14,17-19H,5-8,15-16H2,1-4H3,(H2,28,29,35)/b27-18-. The van der Waals surface area contributed by atoms with Crippen molar-refractivity contribution >= 4 is 50.2 Å². The molecule has 0 radical (unpaired) electrons. The van der Waals surface area contributed by atoms with E-state index in [1.54, 1.807) is 22.7 Å². The molecule has 0 fully saturated rings. The zero-order chi connectivity index (χ0) is 26.1. The molecule has 194 valence electrons. The molecule has 1 aromatic heterocycles. The largest absolute Gasteiger partial charge is 0.492 e. The van der Waals surface area contributed by atoms with Crippen LogP contribution in [0.3, 0.4) is 0 Å². The summed E-state index contributed by atoms with van der Waals surface area (Å²) >= 11 is 5.39. The summed E-state index contributed by atoms with van der Waals surface area (Å²) in [5.74, 6) is 0.702. The molecule has 0 amide bonds. The van der Waals surface area contributed by atoms with Gasteiger partial charge in [0.25, 0.3) is 0 Å². The Labute approximate surface area is 219 Å². The third-order valence-electron chi connectivity index (χ3n) is 5.61. The van der Waals surface area contributed by atoms with Crippen LogP contribution in [0.25, 0.3) is 10.9 Å². The highest BCUT2D eigenvalue weighted by molar-refractivity contribution is 7.89. The molecule has 8 nitrogen and oxygen atoms in total. The zero-order valence-corrected chi connectivity index (χ0v) is 23.0. The van der Waals surface area contributed by atoms with E-state index in [-0.39, 0.29) is 4.90 Å². The number of hydrogen-bond donors (Lipinski definition) is 2. The molecular formula is C26H35N5O3S2. The second kappa shape index (κ2) is 12.8. The van der Waals surface area contributed by atoms with Crippen molar-refractivity contribution in [3.8, 4) is 5.75 Å². The van der Waals surface area contributed by atoms with Gasteiger partial charge in [0.05, 0.1) is 23.4 Å². The van der Waals surface area contributed by atoms with Gasteiger partial charge in [0.2, 0.25) is 10.0 Å². The van der Waals surface area contributed by atoms with Crippen molar-refractivity contribution in [1.82, 2.24) is 14.3 Å². The molecule has 0 aliphatic heterocycles. The number of hydrazone groups is 1. The van der Waals surface area contributed by atoms with Crippen LogP contribution in [0, 0.1) is 0 Å². The van der Waals surface area contributed by atoms with Gasteiger partial charge < -0.3 is 14.6 Å². The highest BCUT2D eigenvalue weighted by Gasteiger charge is 2.24. The predicted molar refractivity (Wildman–Crippen MR) is 152 cm³/mol. The number of para-hydroxylation sites is 2. The molecule has 36 heavy (non-hydrogen) atoms. The summed E-state index contributed by atoms with van der Waals surface area (Å²) < 4.78 is 35.9. The van der Waals surface area contributed by atoms with E-state index in [2.05, 4.69) is 20.4 Å². The first-order valence-corrected chi connectivity index (χ1v) is 14.1. The minimum atomic E-state index is -3.59. The van der Waals surface area contributed by atoms with E-state index in [9.17, 15) is 8.42 Å². The fraction of sp³-hybridized carbons (Fsp3) is 0.385. The van der Waals surface area contributed by atoms with Crippen molar-refractivity contribution in [2.24, 2.45) is 5.10 Å². The molecule has 2 N–H and O–H groups in total. The van der Waals surface area contributed by atoms with Crippen LogP contribution in [0.2, 0.25) is 0 Å². The summed E-state index contributed by atoms with van der Waals surface area (Å²) in [6.07, 6.45) is 5.15. The van der Waals surface area contributed by atoms with Crippen LogP contribution in [0.15, 0.2) is 58.7 Å². The number of rotatable bonds is 12. The maximum absolute atomic E-state index is 13.3. The number of thiocarbonyl (C=S) groups is 1. The van der Waals surface area contributed by atoms with E-state index < -0.39 is 10.0 Å². The Balaban J connectivity index is 1.85. The quantitative estimate of drug-likeness (QED) is 0.191. The molecule has 3 aromatic rings. The summed E-state index contributed by atoms with van der Waals surface area (Å²) in [4.78, 5) is 0.290. The molecule has 0 saturated heterocycles. The summed E-state index contributed by atoms with van der Waals surface area (Å²) in [6.45, 7) is 10.2. The van der Waals surface area contributed by atoms with Crippen molar-refractivity contribution < 1.29 is 13.2 Å². The normalized spacial score (nSPS) is 11.9. The lowest BCUT2D eigenvalue weighted by Crippen LogP contribution is -2.32. The van der Waals surface area contributed by atoms with E-state index in [1.165, 1.54) is 0 Å². The van der Waals surface area contributed by atoms with Gasteiger partial charge in [0, 0.05) is 42.3 Å². The number of aryl methyl sites for hydroxylation is 1. The zero-order valence-electron chi connectivity index (χ0n) is 21.3. The van der Waals surface area contributed by atoms with Crippen molar-refractivity contribution in [2.75, 3.05) is 25.0 Å². The van der Waals surface area contributed by atoms with Gasteiger partial charge >= 0.3 is 0 Å². The third kappa shape index (κ3) is 6.43. The van der Waals surface area contributed by atoms with Gasteiger partial charge in [-0.3, -0.25) is 5.43 Å². The lowest BCUT2D eigenvalue weighted by atomic mass is 10.2. The Morgan fingerprint density at radius 2 is 1.83 bits per heavy atom. The van der Waals surface area contributed by atoms with Gasteiger partial charge in [-0.15, -0.1) is 0 Å². The summed E-state index contributed by atoms with van der Waals surface area (Å²) in [6, 6.07) is 12.8. The number of nitrogens with zero attached hydrogens (tertiary/aromatic N) is 3. The van der Waals surface area contributed by atoms with Gasteiger partial charge in [-0.05, 0) is 69.2 Å². The Kier molecular flexibility index (Phi) is 9.86. The highest BCUT2D eigenvalue weighted by atomic mass is 32.2. The first-order chi connectivity index (χ1) is 17.3. The monoisotopic (exact) mass is 529 g/mol. The van der Waals surface area contributed by atoms with Crippen LogP contribution in [0.5, 0.6) is 5.75 Å². The molecular weight excluding hydrogens is 494 g/mol. The topological polar surface area (TPSA) is 88.0 Å². The van der Waals surface area contributed by atoms with Crippen molar-refractivity contribution in [2.45, 2.75) is 52.0 Å². The first-order valence-electron chi connectivity index (χ1n) is 12.3. The van der Waals surface area contributed by atoms with Crippen LogP contribution in [-0.2, 0) is 16.6 Å². The summed E-state index contributed by atoms with van der Waals surface area (Å²) in [5, 5.41) is 8.53. The number of fused-ring (bicyclic) bond motifs is 1. The fourth-order valence-corrected chi connectivity index (χ4v) is 5.80. The smallest absolute Gasteiger partial charge is 0.243 e. The van der Waals surface area contributed by atoms with Gasteiger partial charge in [-0.2, -0.15) is 9.41 Å².